The van der Waals surface area contributed by atoms with Crippen LogP contribution in [-0.4, -0.2) is 32.4 Å². The Bertz CT molecular complexity index is 1280. The van der Waals surface area contributed by atoms with E-state index in [0.29, 0.717) is 23.6 Å². The maximum absolute atomic E-state index is 13.2. The minimum Gasteiger partial charge on any atom is -0.309 e. The van der Waals surface area contributed by atoms with Crippen molar-refractivity contribution in [2.75, 3.05) is 11.9 Å². The van der Waals surface area contributed by atoms with E-state index in [1.807, 2.05) is 60.7 Å². The highest BCUT2D eigenvalue weighted by Crippen LogP contribution is 2.21. The molecular formula is C26H25N7O. The summed E-state index contributed by atoms with van der Waals surface area (Å²) in [5.41, 5.74) is 4.13. The highest BCUT2D eigenvalue weighted by Gasteiger charge is 2.22. The van der Waals surface area contributed by atoms with E-state index in [4.69, 9.17) is 5.26 Å². The van der Waals surface area contributed by atoms with E-state index in [-0.39, 0.29) is 11.8 Å². The lowest BCUT2D eigenvalue weighted by atomic mass is 9.98. The number of pyridine rings is 1. The first-order chi connectivity index (χ1) is 16.5. The van der Waals surface area contributed by atoms with Crippen LogP contribution >= 0.6 is 0 Å². The molecule has 2 aromatic carbocycles. The topological polar surface area (TPSA) is 109 Å². The number of anilines is 1. The Balaban J connectivity index is 1.46. The van der Waals surface area contributed by atoms with Crippen LogP contribution in [0.4, 0.5) is 5.82 Å². The first kappa shape index (κ1) is 22.8. The van der Waals surface area contributed by atoms with E-state index in [1.54, 1.807) is 30.2 Å². The van der Waals surface area contributed by atoms with Gasteiger partial charge in [0.05, 0.1) is 17.8 Å². The molecule has 2 heterocycles. The summed E-state index contributed by atoms with van der Waals surface area (Å²) in [6.45, 7) is 2.67. The van der Waals surface area contributed by atoms with Gasteiger partial charge in [-0.2, -0.15) is 5.26 Å². The van der Waals surface area contributed by atoms with Crippen molar-refractivity contribution >= 4 is 11.7 Å². The molecule has 0 aliphatic heterocycles. The second kappa shape index (κ2) is 10.5. The molecule has 2 N–H and O–H groups in total. The number of carbonyl (C=O) groups excluding carboxylic acids is 1. The molecule has 0 aliphatic carbocycles. The molecule has 1 unspecified atom stereocenters. The summed E-state index contributed by atoms with van der Waals surface area (Å²) < 4.78 is 1.63. The van der Waals surface area contributed by atoms with E-state index >= 15 is 0 Å². The zero-order valence-corrected chi connectivity index (χ0v) is 19.0. The fourth-order valence-corrected chi connectivity index (χ4v) is 3.60. The van der Waals surface area contributed by atoms with E-state index in [1.165, 1.54) is 0 Å². The van der Waals surface area contributed by atoms with Crippen LogP contribution in [0.2, 0.25) is 0 Å². The van der Waals surface area contributed by atoms with Crippen LogP contribution in [-0.2, 0) is 11.8 Å². The molecule has 1 amide bonds. The average molecular weight is 452 g/mol. The smallest absolute Gasteiger partial charge is 0.247 e. The van der Waals surface area contributed by atoms with Crippen molar-refractivity contribution in [1.29, 1.82) is 5.26 Å². The zero-order valence-electron chi connectivity index (χ0n) is 19.0. The molecular weight excluding hydrogens is 426 g/mol. The Morgan fingerprint density at radius 1 is 1.06 bits per heavy atom. The summed E-state index contributed by atoms with van der Waals surface area (Å²) in [5, 5.41) is 23.3. The lowest BCUT2D eigenvalue weighted by molar-refractivity contribution is -0.118. The molecule has 0 saturated heterocycles. The van der Waals surface area contributed by atoms with Gasteiger partial charge in [-0.25, -0.2) is 4.98 Å². The molecule has 4 rings (SSSR count). The third kappa shape index (κ3) is 5.52. The van der Waals surface area contributed by atoms with Gasteiger partial charge >= 0.3 is 0 Å². The number of aromatic nitrogens is 4. The minimum absolute atomic E-state index is 0.149. The number of nitrogens with zero attached hydrogens (tertiary/aromatic N) is 5. The number of benzene rings is 2. The van der Waals surface area contributed by atoms with Crippen LogP contribution in [0.1, 0.15) is 35.6 Å². The Morgan fingerprint density at radius 3 is 2.44 bits per heavy atom. The van der Waals surface area contributed by atoms with Crippen molar-refractivity contribution in [3.05, 3.63) is 95.8 Å². The standard InChI is InChI=1S/C26H25N7O/c1-18(20-10-8-19(14-27)9-11-20)15-29-25(21-6-4-3-5-7-21)26(34)30-24-13-12-22(16-28-24)23-17-33(2)32-31-23/h3-13,16-18,25,29H,15H2,1-2H3,(H,28,30,34)/t18-,25?/m1/s1. The van der Waals surface area contributed by atoms with Gasteiger partial charge in [0.2, 0.25) is 5.91 Å². The van der Waals surface area contributed by atoms with Crippen molar-refractivity contribution in [3.63, 3.8) is 0 Å². The van der Waals surface area contributed by atoms with Gasteiger partial charge in [-0.3, -0.25) is 9.48 Å². The summed E-state index contributed by atoms with van der Waals surface area (Å²) >= 11 is 0. The fourth-order valence-electron chi connectivity index (χ4n) is 3.60. The molecule has 0 aliphatic rings. The SMILES string of the molecule is C[C@H](CNC(C(=O)Nc1ccc(-c2cn(C)nn2)cn1)c1ccccc1)c1ccc(C#N)cc1. The maximum atomic E-state index is 13.2. The zero-order chi connectivity index (χ0) is 23.9. The summed E-state index contributed by atoms with van der Waals surface area (Å²) in [5.74, 6) is 0.412. The van der Waals surface area contributed by atoms with Gasteiger partial charge in [-0.15, -0.1) is 5.10 Å². The molecule has 170 valence electrons. The van der Waals surface area contributed by atoms with E-state index in [0.717, 1.165) is 16.7 Å². The van der Waals surface area contributed by atoms with Gasteiger partial charge in [0.15, 0.2) is 0 Å². The molecule has 2 aromatic heterocycles. The second-order valence-electron chi connectivity index (χ2n) is 8.09. The van der Waals surface area contributed by atoms with Crippen molar-refractivity contribution in [3.8, 4) is 17.3 Å². The molecule has 4 aromatic rings. The first-order valence-electron chi connectivity index (χ1n) is 11.0. The molecule has 0 fully saturated rings. The lowest BCUT2D eigenvalue weighted by Gasteiger charge is -2.21. The molecule has 0 saturated carbocycles. The third-order valence-electron chi connectivity index (χ3n) is 5.55. The van der Waals surface area contributed by atoms with E-state index in [9.17, 15) is 4.79 Å². The molecule has 0 spiro atoms. The molecule has 0 radical (unpaired) electrons. The predicted octanol–water partition coefficient (Wildman–Crippen LogP) is 3.82. The van der Waals surface area contributed by atoms with Gasteiger partial charge in [0.25, 0.3) is 0 Å². The monoisotopic (exact) mass is 451 g/mol. The molecule has 0 bridgehead atoms. The minimum atomic E-state index is -0.552. The number of nitriles is 1. The largest absolute Gasteiger partial charge is 0.309 e. The number of aryl methyl sites for hydroxylation is 1. The Kier molecular flexibility index (Phi) is 7.06. The summed E-state index contributed by atoms with van der Waals surface area (Å²) in [4.78, 5) is 17.6. The summed E-state index contributed by atoms with van der Waals surface area (Å²) in [6, 6.07) is 22.3. The molecule has 8 nitrogen and oxygen atoms in total. The number of carbonyl (C=O) groups is 1. The van der Waals surface area contributed by atoms with E-state index in [2.05, 4.69) is 38.9 Å². The first-order valence-corrected chi connectivity index (χ1v) is 11.0. The maximum Gasteiger partial charge on any atom is 0.247 e. The normalized spacial score (nSPS) is 12.5. The van der Waals surface area contributed by atoms with Crippen LogP contribution in [0.25, 0.3) is 11.3 Å². The van der Waals surface area contributed by atoms with Gasteiger partial charge in [0.1, 0.15) is 17.6 Å². The Morgan fingerprint density at radius 2 is 1.82 bits per heavy atom. The number of amides is 1. The van der Waals surface area contributed by atoms with E-state index < -0.39 is 6.04 Å². The average Bonchev–Trinajstić information content (AvgIpc) is 3.31. The Hall–Kier alpha value is -4.35. The summed E-state index contributed by atoms with van der Waals surface area (Å²) in [6.07, 6.45) is 3.47. The second-order valence-corrected chi connectivity index (χ2v) is 8.09. The Labute approximate surface area is 198 Å². The van der Waals surface area contributed by atoms with Crippen molar-refractivity contribution in [2.24, 2.45) is 7.05 Å². The summed E-state index contributed by atoms with van der Waals surface area (Å²) in [7, 11) is 1.80. The van der Waals surface area contributed by atoms with Crippen LogP contribution < -0.4 is 10.6 Å². The van der Waals surface area contributed by atoms with Crippen LogP contribution in [0.3, 0.4) is 0 Å². The van der Waals surface area contributed by atoms with Gasteiger partial charge in [0, 0.05) is 25.4 Å². The third-order valence-corrected chi connectivity index (χ3v) is 5.55. The fraction of sp³-hybridized carbons (Fsp3) is 0.192. The molecule has 2 atom stereocenters. The van der Waals surface area contributed by atoms with Gasteiger partial charge < -0.3 is 10.6 Å². The number of nitrogens with one attached hydrogen (secondary N) is 2. The molecule has 34 heavy (non-hydrogen) atoms. The van der Waals surface area contributed by atoms with Crippen LogP contribution in [0.5, 0.6) is 0 Å². The predicted molar refractivity (Wildman–Crippen MR) is 130 cm³/mol. The van der Waals surface area contributed by atoms with Crippen molar-refractivity contribution < 1.29 is 4.79 Å². The van der Waals surface area contributed by atoms with Crippen molar-refractivity contribution in [2.45, 2.75) is 18.9 Å². The lowest BCUT2D eigenvalue weighted by Crippen LogP contribution is -2.35. The van der Waals surface area contributed by atoms with Crippen LogP contribution in [0, 0.1) is 11.3 Å². The molecule has 8 heteroatoms. The number of hydrogen-bond acceptors (Lipinski definition) is 6. The highest BCUT2D eigenvalue weighted by molar-refractivity contribution is 5.94. The van der Waals surface area contributed by atoms with Crippen LogP contribution in [0.15, 0.2) is 79.1 Å². The van der Waals surface area contributed by atoms with Gasteiger partial charge in [-0.05, 0) is 41.3 Å². The highest BCUT2D eigenvalue weighted by atomic mass is 16.2. The number of hydrogen-bond donors (Lipinski definition) is 2. The van der Waals surface area contributed by atoms with Gasteiger partial charge in [-0.1, -0.05) is 54.6 Å². The quantitative estimate of drug-likeness (QED) is 0.422. The number of rotatable bonds is 8. The van der Waals surface area contributed by atoms with Crippen molar-refractivity contribution in [1.82, 2.24) is 25.3 Å².